The monoisotopic (exact) mass is 370 g/mol. The first-order chi connectivity index (χ1) is 12.1. The molecule has 4 nitrogen and oxygen atoms in total. The van der Waals surface area contributed by atoms with Crippen LogP contribution in [0.4, 0.5) is 4.39 Å². The molecule has 124 valence electrons. The van der Waals surface area contributed by atoms with Gasteiger partial charge in [-0.1, -0.05) is 11.8 Å². The highest BCUT2D eigenvalue weighted by atomic mass is 32.2. The van der Waals surface area contributed by atoms with Crippen LogP contribution in [0.5, 0.6) is 0 Å². The first-order valence-corrected chi connectivity index (χ1v) is 9.09. The maximum Gasteiger partial charge on any atom is 0.186 e. The van der Waals surface area contributed by atoms with E-state index in [1.807, 2.05) is 0 Å². The van der Waals surface area contributed by atoms with E-state index in [1.54, 1.807) is 41.9 Å². The predicted molar refractivity (Wildman–Crippen MR) is 97.3 cm³/mol. The highest BCUT2D eigenvalue weighted by Gasteiger charge is 2.38. The van der Waals surface area contributed by atoms with Gasteiger partial charge in [0.05, 0.1) is 9.95 Å². The molecule has 1 aliphatic rings. The van der Waals surface area contributed by atoms with Gasteiger partial charge in [0, 0.05) is 17.1 Å². The van der Waals surface area contributed by atoms with E-state index in [0.29, 0.717) is 21.4 Å². The van der Waals surface area contributed by atoms with Crippen LogP contribution in [0.25, 0.3) is 17.4 Å². The van der Waals surface area contributed by atoms with Crippen molar-refractivity contribution < 1.29 is 13.6 Å². The molecule has 25 heavy (non-hydrogen) atoms. The lowest BCUT2D eigenvalue weighted by molar-refractivity contribution is -0.114. The molecule has 0 spiro atoms. The zero-order chi connectivity index (χ0) is 17.4. The number of aromatic nitrogens is 1. The largest absolute Gasteiger partial charge is 0.457 e. The Hall–Kier alpha value is -2.51. The van der Waals surface area contributed by atoms with Crippen LogP contribution in [-0.4, -0.2) is 15.8 Å². The number of thiazole rings is 1. The number of allylic oxidation sites excluding steroid dienone is 1. The van der Waals surface area contributed by atoms with Crippen molar-refractivity contribution in [3.05, 3.63) is 69.5 Å². The van der Waals surface area contributed by atoms with Crippen LogP contribution in [0.15, 0.2) is 57.3 Å². The van der Waals surface area contributed by atoms with Crippen molar-refractivity contribution in [3.8, 4) is 11.3 Å². The van der Waals surface area contributed by atoms with Gasteiger partial charge in [0.25, 0.3) is 0 Å². The number of rotatable bonds is 3. The van der Waals surface area contributed by atoms with E-state index in [2.05, 4.69) is 4.98 Å². The van der Waals surface area contributed by atoms with Crippen LogP contribution in [0.3, 0.4) is 0 Å². The van der Waals surface area contributed by atoms with E-state index < -0.39 is 5.92 Å². The third-order valence-corrected chi connectivity index (χ3v) is 5.55. The molecular formula is C18H11FN2O2S2. The van der Waals surface area contributed by atoms with Crippen LogP contribution in [0, 0.1) is 11.2 Å². The summed E-state index contributed by atoms with van der Waals surface area (Å²) >= 11 is 2.50. The van der Waals surface area contributed by atoms with Crippen molar-refractivity contribution in [1.82, 2.24) is 4.98 Å². The van der Waals surface area contributed by atoms with E-state index >= 15 is 0 Å². The van der Waals surface area contributed by atoms with Crippen LogP contribution in [0.2, 0.25) is 0 Å². The number of nitrogens with one attached hydrogen (secondary N) is 1. The molecule has 3 aromatic rings. The van der Waals surface area contributed by atoms with Crippen LogP contribution >= 0.6 is 23.1 Å². The fourth-order valence-electron chi connectivity index (χ4n) is 2.52. The second-order valence-electron chi connectivity index (χ2n) is 5.35. The molecule has 0 saturated carbocycles. The summed E-state index contributed by atoms with van der Waals surface area (Å²) < 4.78 is 18.7. The number of nitrogens with zero attached hydrogens (tertiary/aromatic N) is 1. The van der Waals surface area contributed by atoms with E-state index in [9.17, 15) is 9.18 Å². The summed E-state index contributed by atoms with van der Waals surface area (Å²) in [6.07, 6.45) is 3.27. The zero-order valence-electron chi connectivity index (χ0n) is 12.7. The molecule has 0 amide bonds. The summed E-state index contributed by atoms with van der Waals surface area (Å²) in [6.45, 7) is 0. The number of halogens is 1. The van der Waals surface area contributed by atoms with Gasteiger partial charge in [-0.25, -0.2) is 9.37 Å². The van der Waals surface area contributed by atoms with Gasteiger partial charge in [-0.05, 0) is 42.5 Å². The van der Waals surface area contributed by atoms with Gasteiger partial charge in [-0.2, -0.15) is 0 Å². The van der Waals surface area contributed by atoms with Crippen molar-refractivity contribution in [2.75, 3.05) is 0 Å². The van der Waals surface area contributed by atoms with Gasteiger partial charge in [-0.3, -0.25) is 10.2 Å². The second-order valence-corrected chi connectivity index (χ2v) is 7.36. The van der Waals surface area contributed by atoms with E-state index in [-0.39, 0.29) is 16.6 Å². The Kier molecular flexibility index (Phi) is 4.10. The molecule has 0 radical (unpaired) electrons. The first kappa shape index (κ1) is 16.0. The molecule has 1 atom stereocenters. The van der Waals surface area contributed by atoms with Gasteiger partial charge < -0.3 is 4.42 Å². The average Bonchev–Trinajstić information content (AvgIpc) is 3.31. The van der Waals surface area contributed by atoms with Crippen molar-refractivity contribution in [3.63, 3.8) is 0 Å². The SMILES string of the molecule is N=C1S/C(=C\c2ccc(-c3ccc(F)cc3)o2)C(=O)[C@@H]1c1nccs1. The standard InChI is InChI=1S/C18H11FN2O2S2/c19-11-3-1-10(2-4-11)13-6-5-12(23-13)9-14-16(22)15(17(20)25-14)18-21-7-8-24-18/h1-9,15,20H/b14-9-,20-17?/t15-/m0/s1. The third kappa shape index (κ3) is 3.08. The van der Waals surface area contributed by atoms with Gasteiger partial charge in [-0.15, -0.1) is 11.3 Å². The number of carbonyl (C=O) groups excluding carboxylic acids is 1. The molecule has 4 rings (SSSR count). The Bertz CT molecular complexity index is 975. The van der Waals surface area contributed by atoms with E-state index in [4.69, 9.17) is 9.83 Å². The van der Waals surface area contributed by atoms with Gasteiger partial charge >= 0.3 is 0 Å². The number of ketones is 1. The molecule has 2 aromatic heterocycles. The lowest BCUT2D eigenvalue weighted by Crippen LogP contribution is -2.11. The Morgan fingerprint density at radius 1 is 1.20 bits per heavy atom. The predicted octanol–water partition coefficient (Wildman–Crippen LogP) is 4.96. The minimum Gasteiger partial charge on any atom is -0.457 e. The molecule has 1 N–H and O–H groups in total. The number of furan rings is 1. The number of benzene rings is 1. The highest BCUT2D eigenvalue weighted by molar-refractivity contribution is 8.19. The van der Waals surface area contributed by atoms with Crippen LogP contribution in [0.1, 0.15) is 16.7 Å². The molecule has 1 saturated heterocycles. The van der Waals surface area contributed by atoms with Gasteiger partial charge in [0.2, 0.25) is 0 Å². The molecule has 0 aliphatic carbocycles. The Labute approximate surface area is 150 Å². The molecule has 0 unspecified atom stereocenters. The van der Waals surface area contributed by atoms with Crippen molar-refractivity contribution in [2.24, 2.45) is 0 Å². The summed E-state index contributed by atoms with van der Waals surface area (Å²) in [4.78, 5) is 17.2. The molecule has 7 heteroatoms. The first-order valence-electron chi connectivity index (χ1n) is 7.39. The van der Waals surface area contributed by atoms with Crippen LogP contribution < -0.4 is 0 Å². The second kappa shape index (κ2) is 6.42. The zero-order valence-corrected chi connectivity index (χ0v) is 14.4. The van der Waals surface area contributed by atoms with E-state index in [0.717, 1.165) is 17.3 Å². The normalized spacial score (nSPS) is 19.1. The number of Topliss-reactive ketones (excluding diaryl/α,β-unsaturated/α-hetero) is 1. The maximum atomic E-state index is 13.0. The van der Waals surface area contributed by atoms with Crippen molar-refractivity contribution in [2.45, 2.75) is 5.92 Å². The highest BCUT2D eigenvalue weighted by Crippen LogP contribution is 2.41. The molecule has 1 aromatic carbocycles. The minimum atomic E-state index is -0.609. The number of carbonyl (C=O) groups is 1. The number of hydrogen-bond donors (Lipinski definition) is 1. The Morgan fingerprint density at radius 2 is 2.00 bits per heavy atom. The molecular weight excluding hydrogens is 359 g/mol. The summed E-state index contributed by atoms with van der Waals surface area (Å²) in [7, 11) is 0. The summed E-state index contributed by atoms with van der Waals surface area (Å²) in [5, 5.41) is 10.8. The number of thioether (sulfide) groups is 1. The van der Waals surface area contributed by atoms with Crippen molar-refractivity contribution >= 4 is 40.0 Å². The molecule has 0 bridgehead atoms. The van der Waals surface area contributed by atoms with E-state index in [1.165, 1.54) is 23.5 Å². The summed E-state index contributed by atoms with van der Waals surface area (Å²) in [6, 6.07) is 9.52. The van der Waals surface area contributed by atoms with Gasteiger partial charge in [0.15, 0.2) is 5.78 Å². The lowest BCUT2D eigenvalue weighted by Gasteiger charge is -2.01. The quantitative estimate of drug-likeness (QED) is 0.662. The fourth-order valence-corrected chi connectivity index (χ4v) is 4.31. The molecule has 3 heterocycles. The number of hydrogen-bond acceptors (Lipinski definition) is 6. The molecule has 1 aliphatic heterocycles. The summed E-state index contributed by atoms with van der Waals surface area (Å²) in [5.41, 5.74) is 0.754. The van der Waals surface area contributed by atoms with Crippen molar-refractivity contribution in [1.29, 1.82) is 5.41 Å². The van der Waals surface area contributed by atoms with Gasteiger partial charge in [0.1, 0.15) is 28.3 Å². The molecule has 1 fully saturated rings. The lowest BCUT2D eigenvalue weighted by atomic mass is 10.1. The summed E-state index contributed by atoms with van der Waals surface area (Å²) in [5.74, 6) is 0.0569. The third-order valence-electron chi connectivity index (χ3n) is 3.71. The smallest absolute Gasteiger partial charge is 0.186 e. The Balaban J connectivity index is 1.60. The average molecular weight is 370 g/mol. The Morgan fingerprint density at radius 3 is 2.72 bits per heavy atom. The van der Waals surface area contributed by atoms with Crippen LogP contribution in [-0.2, 0) is 4.79 Å². The topological polar surface area (TPSA) is 67.0 Å². The minimum absolute atomic E-state index is 0.135. The fraction of sp³-hybridized carbons (Fsp3) is 0.0556. The maximum absolute atomic E-state index is 13.0.